The van der Waals surface area contributed by atoms with Crippen LogP contribution >= 0.6 is 0 Å². The Morgan fingerprint density at radius 3 is 1.63 bits per heavy atom. The van der Waals surface area contributed by atoms with Crippen LogP contribution < -0.4 is 0 Å². The van der Waals surface area contributed by atoms with Crippen molar-refractivity contribution in [2.75, 3.05) is 0 Å². The Balaban J connectivity index is 2.06. The van der Waals surface area contributed by atoms with E-state index in [0.717, 1.165) is 30.4 Å². The molecule has 1 aromatic rings. The second kappa shape index (κ2) is 14.2. The fraction of sp³-hybridized carbons (Fsp3) is 0.739. The van der Waals surface area contributed by atoms with Gasteiger partial charge in [0.25, 0.3) is 10.1 Å². The van der Waals surface area contributed by atoms with E-state index >= 15 is 0 Å². The maximum absolute atomic E-state index is 11.5. The summed E-state index contributed by atoms with van der Waals surface area (Å²) in [4.78, 5) is 0.0807. The molecule has 156 valence electrons. The molecule has 4 heteroatoms. The van der Waals surface area contributed by atoms with Gasteiger partial charge in [-0.15, -0.1) is 0 Å². The zero-order valence-corrected chi connectivity index (χ0v) is 18.3. The fourth-order valence-corrected chi connectivity index (χ4v) is 4.56. The highest BCUT2D eigenvalue weighted by Crippen LogP contribution is 2.22. The van der Waals surface area contributed by atoms with Gasteiger partial charge in [-0.3, -0.25) is 4.55 Å². The summed E-state index contributed by atoms with van der Waals surface area (Å²) in [6, 6.07) is 5.10. The standard InChI is InChI=1S/C23H40O3S/c1-3-4-5-6-7-8-9-10-11-12-13-14-15-16-19-22-21(2)18-17-20-23(22)27(24,25)26/h17-18,20H,3-16,19H2,1-2H3,(H,24,25,26). The molecule has 0 amide bonds. The van der Waals surface area contributed by atoms with Crippen LogP contribution in [0.2, 0.25) is 0 Å². The molecule has 3 nitrogen and oxygen atoms in total. The van der Waals surface area contributed by atoms with Crippen molar-refractivity contribution in [1.29, 1.82) is 0 Å². The lowest BCUT2D eigenvalue weighted by molar-refractivity contribution is 0.481. The van der Waals surface area contributed by atoms with Gasteiger partial charge in [-0.25, -0.2) is 0 Å². The van der Waals surface area contributed by atoms with Crippen LogP contribution in [0.1, 0.15) is 108 Å². The molecule has 0 aliphatic rings. The first-order chi connectivity index (χ1) is 13.0. The van der Waals surface area contributed by atoms with E-state index in [1.807, 2.05) is 13.0 Å². The molecule has 0 saturated carbocycles. The molecule has 0 heterocycles. The first-order valence-corrected chi connectivity index (χ1v) is 12.5. The molecule has 0 fully saturated rings. The van der Waals surface area contributed by atoms with Gasteiger partial charge in [0.05, 0.1) is 4.90 Å². The van der Waals surface area contributed by atoms with Gasteiger partial charge in [0, 0.05) is 0 Å². The van der Waals surface area contributed by atoms with E-state index in [4.69, 9.17) is 0 Å². The van der Waals surface area contributed by atoms with E-state index in [-0.39, 0.29) is 4.90 Å². The van der Waals surface area contributed by atoms with Crippen LogP contribution in [0.4, 0.5) is 0 Å². The highest BCUT2D eigenvalue weighted by atomic mass is 32.2. The second-order valence-corrected chi connectivity index (χ2v) is 9.26. The zero-order valence-electron chi connectivity index (χ0n) is 17.5. The van der Waals surface area contributed by atoms with E-state index in [9.17, 15) is 13.0 Å². The maximum atomic E-state index is 11.5. The lowest BCUT2D eigenvalue weighted by atomic mass is 10.0. The highest BCUT2D eigenvalue weighted by Gasteiger charge is 2.16. The van der Waals surface area contributed by atoms with Crippen LogP contribution in [0.5, 0.6) is 0 Å². The monoisotopic (exact) mass is 396 g/mol. The number of hydrogen-bond acceptors (Lipinski definition) is 2. The van der Waals surface area contributed by atoms with Crippen LogP contribution in [0.25, 0.3) is 0 Å². The van der Waals surface area contributed by atoms with E-state index in [1.54, 1.807) is 6.07 Å². The first kappa shape index (κ1) is 24.2. The minimum Gasteiger partial charge on any atom is -0.282 e. The Labute approximate surface area is 167 Å². The van der Waals surface area contributed by atoms with Gasteiger partial charge in [0.15, 0.2) is 0 Å². The summed E-state index contributed by atoms with van der Waals surface area (Å²) in [5, 5.41) is 0. The highest BCUT2D eigenvalue weighted by molar-refractivity contribution is 7.85. The predicted octanol–water partition coefficient (Wildman–Crippen LogP) is 7.27. The molecular formula is C23H40O3S. The quantitative estimate of drug-likeness (QED) is 0.236. The average molecular weight is 397 g/mol. The number of rotatable bonds is 16. The molecule has 27 heavy (non-hydrogen) atoms. The number of unbranched alkanes of at least 4 members (excludes halogenated alkanes) is 13. The number of benzene rings is 1. The molecule has 0 aliphatic heterocycles. The van der Waals surface area contributed by atoms with Gasteiger partial charge in [-0.05, 0) is 37.0 Å². The minimum atomic E-state index is -4.13. The van der Waals surface area contributed by atoms with Crippen LogP contribution in [0.15, 0.2) is 23.1 Å². The van der Waals surface area contributed by atoms with Crippen molar-refractivity contribution < 1.29 is 13.0 Å². The van der Waals surface area contributed by atoms with Gasteiger partial charge < -0.3 is 0 Å². The third-order valence-electron chi connectivity index (χ3n) is 5.43. The van der Waals surface area contributed by atoms with Crippen molar-refractivity contribution in [1.82, 2.24) is 0 Å². The Hall–Kier alpha value is -0.870. The molecule has 0 unspecified atom stereocenters. The third-order valence-corrected chi connectivity index (χ3v) is 6.36. The first-order valence-electron chi connectivity index (χ1n) is 11.0. The Morgan fingerprint density at radius 2 is 1.19 bits per heavy atom. The zero-order chi connectivity index (χ0) is 20.0. The molecule has 0 spiro atoms. The normalized spacial score (nSPS) is 11.8. The minimum absolute atomic E-state index is 0.0807. The summed E-state index contributed by atoms with van der Waals surface area (Å²) in [6.07, 6.45) is 19.1. The SMILES string of the molecule is CCCCCCCCCCCCCCCCc1c(C)cccc1S(=O)(=O)O. The molecule has 1 N–H and O–H groups in total. The van der Waals surface area contributed by atoms with E-state index in [2.05, 4.69) is 6.92 Å². The summed E-state index contributed by atoms with van der Waals surface area (Å²) < 4.78 is 32.4. The predicted molar refractivity (Wildman–Crippen MR) is 115 cm³/mol. The van der Waals surface area contributed by atoms with Crippen LogP contribution in [-0.4, -0.2) is 13.0 Å². The van der Waals surface area contributed by atoms with Crippen LogP contribution in [-0.2, 0) is 16.5 Å². The van der Waals surface area contributed by atoms with Crippen molar-refractivity contribution in [3.63, 3.8) is 0 Å². The Bertz CT molecular complexity index is 608. The lowest BCUT2D eigenvalue weighted by Gasteiger charge is -2.10. The largest absolute Gasteiger partial charge is 0.294 e. The third kappa shape index (κ3) is 10.9. The molecular weight excluding hydrogens is 356 g/mol. The van der Waals surface area contributed by atoms with Crippen molar-refractivity contribution in [2.45, 2.75) is 115 Å². The van der Waals surface area contributed by atoms with Gasteiger partial charge in [-0.1, -0.05) is 103 Å². The van der Waals surface area contributed by atoms with E-state index in [0.29, 0.717) is 0 Å². The average Bonchev–Trinajstić information content (AvgIpc) is 2.62. The summed E-state index contributed by atoms with van der Waals surface area (Å²) >= 11 is 0. The molecule has 1 rings (SSSR count). The lowest BCUT2D eigenvalue weighted by Crippen LogP contribution is -2.05. The smallest absolute Gasteiger partial charge is 0.282 e. The van der Waals surface area contributed by atoms with Crippen LogP contribution in [0, 0.1) is 6.92 Å². The molecule has 0 aliphatic carbocycles. The molecule has 0 bridgehead atoms. The molecule has 1 aromatic carbocycles. The van der Waals surface area contributed by atoms with Gasteiger partial charge in [0.2, 0.25) is 0 Å². The Kier molecular flexibility index (Phi) is 12.7. The van der Waals surface area contributed by atoms with E-state index < -0.39 is 10.1 Å². The van der Waals surface area contributed by atoms with Gasteiger partial charge in [-0.2, -0.15) is 8.42 Å². The number of aryl methyl sites for hydroxylation is 1. The molecule has 0 atom stereocenters. The number of hydrogen-bond donors (Lipinski definition) is 1. The molecule has 0 saturated heterocycles. The summed E-state index contributed by atoms with van der Waals surface area (Å²) in [5.74, 6) is 0. The molecule has 0 radical (unpaired) electrons. The molecule has 0 aromatic heterocycles. The van der Waals surface area contributed by atoms with E-state index in [1.165, 1.54) is 83.1 Å². The summed E-state index contributed by atoms with van der Waals surface area (Å²) in [6.45, 7) is 4.17. The van der Waals surface area contributed by atoms with Gasteiger partial charge >= 0.3 is 0 Å². The van der Waals surface area contributed by atoms with Crippen molar-refractivity contribution in [2.24, 2.45) is 0 Å². The van der Waals surface area contributed by atoms with Crippen molar-refractivity contribution in [3.8, 4) is 0 Å². The topological polar surface area (TPSA) is 54.4 Å². The summed E-state index contributed by atoms with van der Waals surface area (Å²) in [5.41, 5.74) is 1.72. The van der Waals surface area contributed by atoms with Crippen LogP contribution in [0.3, 0.4) is 0 Å². The fourth-order valence-electron chi connectivity index (χ4n) is 3.73. The van der Waals surface area contributed by atoms with Crippen molar-refractivity contribution in [3.05, 3.63) is 29.3 Å². The Morgan fingerprint density at radius 1 is 0.741 bits per heavy atom. The second-order valence-electron chi connectivity index (χ2n) is 7.87. The maximum Gasteiger partial charge on any atom is 0.294 e. The van der Waals surface area contributed by atoms with Gasteiger partial charge in [0.1, 0.15) is 0 Å². The summed E-state index contributed by atoms with van der Waals surface area (Å²) in [7, 11) is -4.13. The van der Waals surface area contributed by atoms with Crippen molar-refractivity contribution >= 4 is 10.1 Å².